The van der Waals surface area contributed by atoms with E-state index in [1.807, 2.05) is 0 Å². The zero-order valence-electron chi connectivity index (χ0n) is 4.61. The third-order valence-corrected chi connectivity index (χ3v) is 1.03. The molecule has 6 heteroatoms. The summed E-state index contributed by atoms with van der Waals surface area (Å²) in [6.07, 6.45) is -5.92. The molecule has 2 unspecified atom stereocenters. The predicted molar refractivity (Wildman–Crippen MR) is 26.9 cm³/mol. The summed E-state index contributed by atoms with van der Waals surface area (Å²) in [4.78, 5) is 0. The maximum absolute atomic E-state index is 11.6. The second-order valence-corrected chi connectivity index (χ2v) is 2.51. The van der Waals surface area contributed by atoms with Gasteiger partial charge in [0, 0.05) is 6.66 Å². The molecule has 0 radical (unpaired) electrons. The van der Waals surface area contributed by atoms with Crippen molar-refractivity contribution in [3.05, 3.63) is 0 Å². The van der Waals surface area contributed by atoms with Crippen molar-refractivity contribution in [1.82, 2.24) is 0 Å². The van der Waals surface area contributed by atoms with E-state index in [9.17, 15) is 17.7 Å². The Morgan fingerprint density at radius 1 is 1.44 bits per heavy atom. The first-order valence-corrected chi connectivity index (χ1v) is 3.95. The van der Waals surface area contributed by atoms with Crippen molar-refractivity contribution in [2.24, 2.45) is 0 Å². The Hall–Kier alpha value is -0.0200. The van der Waals surface area contributed by atoms with Gasteiger partial charge in [0.15, 0.2) is 8.03 Å². The van der Waals surface area contributed by atoms with Crippen LogP contribution in [0.1, 0.15) is 0 Å². The van der Waals surface area contributed by atoms with Crippen molar-refractivity contribution in [1.29, 1.82) is 0 Å². The lowest BCUT2D eigenvalue weighted by Crippen LogP contribution is -2.12. The van der Waals surface area contributed by atoms with Gasteiger partial charge in [-0.25, -0.2) is 13.2 Å². The van der Waals surface area contributed by atoms with Gasteiger partial charge < -0.3 is 0 Å². The van der Waals surface area contributed by atoms with Crippen molar-refractivity contribution in [2.45, 2.75) is 12.8 Å². The first kappa shape index (κ1) is 8.98. The van der Waals surface area contributed by atoms with Crippen molar-refractivity contribution < 1.29 is 22.3 Å². The molecule has 0 aliphatic carbocycles. The van der Waals surface area contributed by atoms with Crippen LogP contribution in [0, 0.1) is 0 Å². The summed E-state index contributed by atoms with van der Waals surface area (Å²) in [5.74, 6) is 0. The molecule has 56 valence electrons. The molecule has 0 rings (SSSR count). The summed E-state index contributed by atoms with van der Waals surface area (Å²) >= 11 is 0. The predicted octanol–water partition coefficient (Wildman–Crippen LogP) is 1.67. The topological polar surface area (TPSA) is 26.3 Å². The van der Waals surface area contributed by atoms with Crippen LogP contribution >= 0.6 is 8.03 Å². The van der Waals surface area contributed by atoms with E-state index in [1.54, 1.807) is 0 Å². The van der Waals surface area contributed by atoms with Gasteiger partial charge in [0.05, 0.1) is 0 Å². The molecular weight excluding hydrogens is 156 g/mol. The van der Waals surface area contributed by atoms with Gasteiger partial charge >= 0.3 is 0 Å². The van der Waals surface area contributed by atoms with E-state index < -0.39 is 20.8 Å². The van der Waals surface area contributed by atoms with Gasteiger partial charge in [-0.15, -0.1) is 0 Å². The van der Waals surface area contributed by atoms with Crippen LogP contribution in [0.15, 0.2) is 0 Å². The van der Waals surface area contributed by atoms with E-state index in [2.05, 4.69) is 4.52 Å². The van der Waals surface area contributed by atoms with E-state index in [0.717, 1.165) is 6.66 Å². The minimum atomic E-state index is -3.21. The molecule has 0 heterocycles. The third kappa shape index (κ3) is 4.48. The number of halogens is 3. The molecule has 0 aromatic heterocycles. The zero-order valence-corrected chi connectivity index (χ0v) is 5.61. The van der Waals surface area contributed by atoms with E-state index in [0.29, 0.717) is 0 Å². The first-order valence-electron chi connectivity index (χ1n) is 2.13. The van der Waals surface area contributed by atoms with Crippen LogP contribution in [-0.2, 0) is 9.09 Å². The minimum absolute atomic E-state index is 1.04. The summed E-state index contributed by atoms with van der Waals surface area (Å²) in [7, 11) is -2.58. The lowest BCUT2D eigenvalue weighted by molar-refractivity contribution is -0.0624. The fourth-order valence-corrected chi connectivity index (χ4v) is 0.630. The Morgan fingerprint density at radius 2 is 1.89 bits per heavy atom. The lowest BCUT2D eigenvalue weighted by atomic mass is 10.7. The Labute approximate surface area is 50.9 Å². The third-order valence-electron chi connectivity index (χ3n) is 0.477. The van der Waals surface area contributed by atoms with Crippen LogP contribution in [0.4, 0.5) is 13.2 Å². The lowest BCUT2D eigenvalue weighted by Gasteiger charge is -2.03. The fraction of sp³-hybridized carbons (Fsp3) is 1.00. The molecule has 0 amide bonds. The second-order valence-electron chi connectivity index (χ2n) is 1.30. The van der Waals surface area contributed by atoms with Gasteiger partial charge in [-0.3, -0.25) is 9.09 Å². The average molecular weight is 162 g/mol. The molecule has 0 aromatic carbocycles. The molecule has 0 saturated heterocycles. The highest BCUT2D eigenvalue weighted by Gasteiger charge is 2.20. The number of hydrogen-bond donors (Lipinski definition) is 0. The smallest absolute Gasteiger partial charge is 0.293 e. The summed E-state index contributed by atoms with van der Waals surface area (Å²) in [5.41, 5.74) is 0. The molecule has 0 aliphatic heterocycles. The maximum Gasteiger partial charge on any atom is 0.293 e. The SMILES string of the molecule is C[PH](=O)OC(F)C(F)F. The second kappa shape index (κ2) is 3.90. The molecule has 0 aliphatic rings. The van der Waals surface area contributed by atoms with Gasteiger partial charge in [0.1, 0.15) is 0 Å². The molecule has 0 N–H and O–H groups in total. The van der Waals surface area contributed by atoms with Crippen LogP contribution in [0.25, 0.3) is 0 Å². The molecule has 0 spiro atoms. The highest BCUT2D eigenvalue weighted by molar-refractivity contribution is 7.38. The van der Waals surface area contributed by atoms with Gasteiger partial charge in [0.25, 0.3) is 12.8 Å². The fourth-order valence-electron chi connectivity index (χ4n) is 0.210. The summed E-state index contributed by atoms with van der Waals surface area (Å²) in [6.45, 7) is 1.04. The molecule has 2 atom stereocenters. The Morgan fingerprint density at radius 3 is 2.00 bits per heavy atom. The van der Waals surface area contributed by atoms with E-state index in [1.165, 1.54) is 0 Å². The molecule has 2 nitrogen and oxygen atoms in total. The Bertz CT molecular complexity index is 107. The van der Waals surface area contributed by atoms with Crippen LogP contribution in [0.3, 0.4) is 0 Å². The average Bonchev–Trinajstić information content (AvgIpc) is 1.63. The number of hydrogen-bond acceptors (Lipinski definition) is 2. The van der Waals surface area contributed by atoms with Crippen LogP contribution in [0.5, 0.6) is 0 Å². The highest BCUT2D eigenvalue weighted by Crippen LogP contribution is 2.22. The summed E-state index contributed by atoms with van der Waals surface area (Å²) < 4.78 is 47.6. The Balaban J connectivity index is 3.50. The highest BCUT2D eigenvalue weighted by atomic mass is 31.1. The molecular formula is C3H6F3O2P. The summed E-state index contributed by atoms with van der Waals surface area (Å²) in [5, 5.41) is 0. The van der Waals surface area contributed by atoms with Crippen molar-refractivity contribution in [2.75, 3.05) is 6.66 Å². The maximum atomic E-state index is 11.6. The molecule has 0 fully saturated rings. The number of alkyl halides is 3. The van der Waals surface area contributed by atoms with Crippen LogP contribution < -0.4 is 0 Å². The van der Waals surface area contributed by atoms with Gasteiger partial charge in [-0.2, -0.15) is 0 Å². The monoisotopic (exact) mass is 162 g/mol. The normalized spacial score (nSPS) is 17.9. The summed E-state index contributed by atoms with van der Waals surface area (Å²) in [6, 6.07) is 0. The van der Waals surface area contributed by atoms with E-state index in [-0.39, 0.29) is 0 Å². The molecule has 0 aromatic rings. The van der Waals surface area contributed by atoms with E-state index in [4.69, 9.17) is 0 Å². The number of rotatable bonds is 3. The quantitative estimate of drug-likeness (QED) is 0.590. The van der Waals surface area contributed by atoms with Crippen molar-refractivity contribution in [3.63, 3.8) is 0 Å². The van der Waals surface area contributed by atoms with Crippen molar-refractivity contribution in [3.8, 4) is 0 Å². The van der Waals surface area contributed by atoms with Crippen molar-refractivity contribution >= 4 is 8.03 Å². The standard InChI is InChI=1S/C3H6F3O2P/c1-9(7)8-3(6)2(4)5/h2-3,9H,1H3. The van der Waals surface area contributed by atoms with Gasteiger partial charge in [0.2, 0.25) is 0 Å². The zero-order chi connectivity index (χ0) is 7.44. The molecule has 0 saturated carbocycles. The van der Waals surface area contributed by atoms with Crippen LogP contribution in [-0.4, -0.2) is 19.4 Å². The van der Waals surface area contributed by atoms with E-state index >= 15 is 0 Å². The Kier molecular flexibility index (Phi) is 3.89. The minimum Gasteiger partial charge on any atom is -0.296 e. The first-order chi connectivity index (χ1) is 4.04. The largest absolute Gasteiger partial charge is 0.296 e. The molecule has 9 heavy (non-hydrogen) atoms. The van der Waals surface area contributed by atoms with Gasteiger partial charge in [-0.05, 0) is 0 Å². The van der Waals surface area contributed by atoms with Crippen LogP contribution in [0.2, 0.25) is 0 Å². The molecule has 0 bridgehead atoms. The van der Waals surface area contributed by atoms with Gasteiger partial charge in [-0.1, -0.05) is 0 Å².